The minimum absolute atomic E-state index is 0.0615. The maximum Gasteiger partial charge on any atom is 0.378 e. The number of carbonyl (C=O) groups excluding carboxylic acids is 2. The highest BCUT2D eigenvalue weighted by Gasteiger charge is 2.42. The van der Waals surface area contributed by atoms with E-state index in [1.54, 1.807) is 6.92 Å². The molecule has 0 aliphatic rings. The molecule has 1 aromatic rings. The molecular weight excluding hydrogens is 340 g/mol. The predicted octanol–water partition coefficient (Wildman–Crippen LogP) is 4.57. The van der Waals surface area contributed by atoms with E-state index in [1.165, 1.54) is 11.8 Å². The van der Waals surface area contributed by atoms with Crippen molar-refractivity contribution in [3.8, 4) is 0 Å². The molecule has 0 amide bonds. The number of hydrogen-bond acceptors (Lipinski definition) is 5. The smallest absolute Gasteiger partial charge is 0.378 e. The van der Waals surface area contributed by atoms with Gasteiger partial charge >= 0.3 is 5.97 Å². The highest BCUT2D eigenvalue weighted by Crippen LogP contribution is 2.39. The van der Waals surface area contributed by atoms with Crippen molar-refractivity contribution in [1.82, 2.24) is 0 Å². The van der Waals surface area contributed by atoms with Crippen molar-refractivity contribution in [2.24, 2.45) is 0 Å². The first-order valence-electron chi connectivity index (χ1n) is 8.10. The van der Waals surface area contributed by atoms with Gasteiger partial charge in [0.05, 0.1) is 6.61 Å². The lowest BCUT2D eigenvalue weighted by atomic mass is 10.2. The van der Waals surface area contributed by atoms with Gasteiger partial charge in [0.2, 0.25) is 0 Å². The summed E-state index contributed by atoms with van der Waals surface area (Å²) in [5.74, 6) is -1.46. The fourth-order valence-electron chi connectivity index (χ4n) is 1.61. The second-order valence-corrected chi connectivity index (χ2v) is 13.1. The Kier molecular flexibility index (Phi) is 7.25. The standard InChI is InChI=1S/C18H28O4SSi/c1-8-21-16(20)15(19)17(22-24(6,7)18(3,4)5)23-14-11-9-13(2)10-12-14/h9-12,17H,8H2,1-7H3/t17-/m0/s1. The highest BCUT2D eigenvalue weighted by molar-refractivity contribution is 8.00. The van der Waals surface area contributed by atoms with Gasteiger partial charge in [-0.05, 0) is 44.1 Å². The van der Waals surface area contributed by atoms with Crippen molar-refractivity contribution in [1.29, 1.82) is 0 Å². The van der Waals surface area contributed by atoms with E-state index in [9.17, 15) is 9.59 Å². The molecule has 0 aliphatic carbocycles. The molecule has 0 aromatic heterocycles. The molecule has 0 fully saturated rings. The molecule has 6 heteroatoms. The zero-order valence-corrected chi connectivity index (χ0v) is 17.5. The van der Waals surface area contributed by atoms with E-state index >= 15 is 0 Å². The SMILES string of the molecule is CCOC(=O)C(=O)[C@@H](O[Si](C)(C)C(C)(C)C)Sc1ccc(C)cc1. The lowest BCUT2D eigenvalue weighted by Crippen LogP contribution is -2.46. The third-order valence-electron chi connectivity index (χ3n) is 4.16. The van der Waals surface area contributed by atoms with Crippen LogP contribution in [0.2, 0.25) is 18.1 Å². The molecule has 0 aliphatic heterocycles. The van der Waals surface area contributed by atoms with E-state index in [2.05, 4.69) is 33.9 Å². The first-order valence-corrected chi connectivity index (χ1v) is 11.9. The van der Waals surface area contributed by atoms with Gasteiger partial charge in [0.25, 0.3) is 5.78 Å². The van der Waals surface area contributed by atoms with E-state index in [4.69, 9.17) is 9.16 Å². The van der Waals surface area contributed by atoms with E-state index in [0.717, 1.165) is 10.5 Å². The van der Waals surface area contributed by atoms with Crippen LogP contribution in [-0.2, 0) is 18.8 Å². The molecule has 134 valence electrons. The average molecular weight is 369 g/mol. The Morgan fingerprint density at radius 2 is 1.71 bits per heavy atom. The molecule has 1 atom stereocenters. The molecule has 0 spiro atoms. The summed E-state index contributed by atoms with van der Waals surface area (Å²) in [5.41, 5.74) is 0.255. The number of benzene rings is 1. The number of aryl methyl sites for hydroxylation is 1. The summed E-state index contributed by atoms with van der Waals surface area (Å²) in [7, 11) is -2.21. The molecule has 4 nitrogen and oxygen atoms in total. The second kappa shape index (κ2) is 8.32. The fourth-order valence-corrected chi connectivity index (χ4v) is 4.27. The molecule has 1 rings (SSSR count). The number of rotatable bonds is 7. The number of Topliss-reactive ketones (excluding diaryl/α,β-unsaturated/α-hetero) is 1. The third kappa shape index (κ3) is 5.75. The van der Waals surface area contributed by atoms with Crippen LogP contribution in [0.25, 0.3) is 0 Å². The summed E-state index contributed by atoms with van der Waals surface area (Å²) in [6.07, 6.45) is 0. The third-order valence-corrected chi connectivity index (χ3v) is 9.84. The van der Waals surface area contributed by atoms with Gasteiger partial charge in [0.1, 0.15) is 0 Å². The quantitative estimate of drug-likeness (QED) is 0.232. The molecule has 0 heterocycles. The largest absolute Gasteiger partial charge is 0.460 e. The van der Waals surface area contributed by atoms with E-state index in [1.807, 2.05) is 31.2 Å². The lowest BCUT2D eigenvalue weighted by molar-refractivity contribution is -0.155. The summed E-state index contributed by atoms with van der Waals surface area (Å²) in [6.45, 7) is 14.3. The minimum Gasteiger partial charge on any atom is -0.460 e. The Labute approximate surface area is 150 Å². The van der Waals surface area contributed by atoms with Gasteiger partial charge in [-0.1, -0.05) is 50.2 Å². The molecule has 1 aromatic carbocycles. The van der Waals surface area contributed by atoms with Crippen molar-refractivity contribution >= 4 is 31.8 Å². The zero-order valence-electron chi connectivity index (χ0n) is 15.6. The van der Waals surface area contributed by atoms with Crippen LogP contribution in [0.3, 0.4) is 0 Å². The maximum absolute atomic E-state index is 12.5. The number of carbonyl (C=O) groups is 2. The maximum atomic E-state index is 12.5. The Morgan fingerprint density at radius 3 is 2.17 bits per heavy atom. The van der Waals surface area contributed by atoms with Crippen molar-refractivity contribution in [3.05, 3.63) is 29.8 Å². The van der Waals surface area contributed by atoms with Crippen LogP contribution in [0.4, 0.5) is 0 Å². The summed E-state index contributed by atoms with van der Waals surface area (Å²) in [6, 6.07) is 7.81. The van der Waals surface area contributed by atoms with Crippen LogP contribution < -0.4 is 0 Å². The number of esters is 1. The topological polar surface area (TPSA) is 52.6 Å². The monoisotopic (exact) mass is 368 g/mol. The summed E-state index contributed by atoms with van der Waals surface area (Å²) in [4.78, 5) is 25.3. The van der Waals surface area contributed by atoms with Crippen molar-refractivity contribution < 1.29 is 18.8 Å². The van der Waals surface area contributed by atoms with Crippen molar-refractivity contribution in [3.63, 3.8) is 0 Å². The molecule has 0 radical (unpaired) electrons. The van der Waals surface area contributed by atoms with E-state index in [-0.39, 0.29) is 11.6 Å². The minimum atomic E-state index is -2.21. The number of ether oxygens (including phenoxy) is 1. The summed E-state index contributed by atoms with van der Waals surface area (Å²) < 4.78 is 11.1. The summed E-state index contributed by atoms with van der Waals surface area (Å²) >= 11 is 1.26. The van der Waals surface area contributed by atoms with Crippen LogP contribution in [0.5, 0.6) is 0 Å². The number of hydrogen-bond donors (Lipinski definition) is 0. The van der Waals surface area contributed by atoms with Crippen molar-refractivity contribution in [2.75, 3.05) is 6.61 Å². The van der Waals surface area contributed by atoms with Gasteiger partial charge in [-0.2, -0.15) is 0 Å². The highest BCUT2D eigenvalue weighted by atomic mass is 32.2. The van der Waals surface area contributed by atoms with E-state index in [0.29, 0.717) is 0 Å². The molecule has 0 N–H and O–H groups in total. The van der Waals surface area contributed by atoms with Crippen LogP contribution in [0.15, 0.2) is 29.2 Å². The van der Waals surface area contributed by atoms with Crippen LogP contribution >= 0.6 is 11.8 Å². The fraction of sp³-hybridized carbons (Fsp3) is 0.556. The molecule has 0 saturated heterocycles. The zero-order chi connectivity index (χ0) is 18.5. The van der Waals surface area contributed by atoms with Crippen LogP contribution in [0, 0.1) is 6.92 Å². The molecule has 0 saturated carbocycles. The van der Waals surface area contributed by atoms with Gasteiger partial charge in [0, 0.05) is 4.90 Å². The Morgan fingerprint density at radius 1 is 1.17 bits per heavy atom. The average Bonchev–Trinajstić information content (AvgIpc) is 2.47. The Bertz CT molecular complexity index is 576. The number of ketones is 1. The van der Waals surface area contributed by atoms with Crippen LogP contribution in [-0.4, -0.2) is 32.1 Å². The second-order valence-electron chi connectivity index (χ2n) is 7.23. The first kappa shape index (κ1) is 20.9. The lowest BCUT2D eigenvalue weighted by Gasteiger charge is -2.38. The van der Waals surface area contributed by atoms with Gasteiger partial charge in [0.15, 0.2) is 13.8 Å². The molecule has 24 heavy (non-hydrogen) atoms. The van der Waals surface area contributed by atoms with Crippen LogP contribution in [0.1, 0.15) is 33.3 Å². The Balaban J connectivity index is 3.05. The van der Waals surface area contributed by atoms with Gasteiger partial charge < -0.3 is 9.16 Å². The molecule has 0 bridgehead atoms. The summed E-state index contributed by atoms with van der Waals surface area (Å²) in [5, 5.41) is -0.0615. The molecular formula is C18H28O4SSi. The van der Waals surface area contributed by atoms with Gasteiger partial charge in [-0.25, -0.2) is 4.79 Å². The number of thioether (sulfide) groups is 1. The van der Waals surface area contributed by atoms with E-state index < -0.39 is 25.5 Å². The Hall–Kier alpha value is -1.11. The van der Waals surface area contributed by atoms with Gasteiger partial charge in [-0.3, -0.25) is 4.79 Å². The molecule has 0 unspecified atom stereocenters. The van der Waals surface area contributed by atoms with Crippen molar-refractivity contribution in [2.45, 2.75) is 63.1 Å². The predicted molar refractivity (Wildman–Crippen MR) is 101 cm³/mol. The van der Waals surface area contributed by atoms with Gasteiger partial charge in [-0.15, -0.1) is 0 Å². The normalized spacial score (nSPS) is 13.5. The first-order chi connectivity index (χ1) is 11.0.